The fourth-order valence-corrected chi connectivity index (χ4v) is 2.36. The van der Waals surface area contributed by atoms with E-state index in [0.29, 0.717) is 5.56 Å². The predicted molar refractivity (Wildman–Crippen MR) is 80.3 cm³/mol. The number of rotatable bonds is 5. The summed E-state index contributed by atoms with van der Waals surface area (Å²) < 4.78 is 28.5. The average Bonchev–Trinajstić information content (AvgIpc) is 2.56. The van der Waals surface area contributed by atoms with Crippen LogP contribution in [-0.4, -0.2) is 25.2 Å². The molecule has 0 amide bonds. The van der Waals surface area contributed by atoms with E-state index in [1.54, 1.807) is 36.4 Å². The number of hydrogen-bond acceptors (Lipinski definition) is 6. The van der Waals surface area contributed by atoms with E-state index in [9.17, 15) is 13.2 Å². The molecule has 0 saturated carbocycles. The molecule has 0 unspecified atom stereocenters. The summed E-state index contributed by atoms with van der Waals surface area (Å²) in [6.45, 7) is 0. The first-order valence-electron chi connectivity index (χ1n) is 6.24. The Bertz CT molecular complexity index is 882. The van der Waals surface area contributed by atoms with Crippen molar-refractivity contribution in [2.45, 2.75) is 4.90 Å². The summed E-state index contributed by atoms with van der Waals surface area (Å²) >= 11 is 0. The van der Waals surface area contributed by atoms with Crippen molar-refractivity contribution in [3.8, 4) is 6.07 Å². The number of carboxylic acid groups (broad SMARTS) is 1. The zero-order valence-electron chi connectivity index (χ0n) is 11.6. The van der Waals surface area contributed by atoms with E-state index in [2.05, 4.69) is 9.44 Å². The molecule has 2 aromatic rings. The molecule has 0 heterocycles. The summed E-state index contributed by atoms with van der Waals surface area (Å²) in [5.74, 6) is -1.18. The minimum Gasteiger partial charge on any atom is -0.478 e. The summed E-state index contributed by atoms with van der Waals surface area (Å²) in [6.07, 6.45) is 0. The highest BCUT2D eigenvalue weighted by molar-refractivity contribution is 7.86. The van der Waals surface area contributed by atoms with Crippen LogP contribution in [0.25, 0.3) is 0 Å². The van der Waals surface area contributed by atoms with Gasteiger partial charge in [0.1, 0.15) is 11.0 Å². The second-order valence-electron chi connectivity index (χ2n) is 4.28. The van der Waals surface area contributed by atoms with E-state index in [-0.39, 0.29) is 16.2 Å². The van der Waals surface area contributed by atoms with Gasteiger partial charge >= 0.3 is 16.1 Å². The smallest absolute Gasteiger partial charge is 0.358 e. The number of benzene rings is 2. The van der Waals surface area contributed by atoms with E-state index in [1.807, 2.05) is 0 Å². The Kier molecular flexibility index (Phi) is 4.73. The number of aromatic carboxylic acids is 1. The Labute approximate surface area is 132 Å². The number of nitriles is 1. The van der Waals surface area contributed by atoms with Gasteiger partial charge in [-0.05, 0) is 24.3 Å². The van der Waals surface area contributed by atoms with E-state index < -0.39 is 16.1 Å². The predicted octanol–water partition coefficient (Wildman–Crippen LogP) is 2.02. The lowest BCUT2D eigenvalue weighted by Gasteiger charge is -2.03. The summed E-state index contributed by atoms with van der Waals surface area (Å²) in [4.78, 5) is 10.5. The molecule has 7 nitrogen and oxygen atoms in total. The Hall–Kier alpha value is -3.18. The molecule has 116 valence electrons. The van der Waals surface area contributed by atoms with Crippen LogP contribution in [-0.2, 0) is 14.4 Å². The molecule has 0 saturated heterocycles. The molecule has 0 fully saturated rings. The molecular weight excluding hydrogens is 320 g/mol. The first kappa shape index (κ1) is 16.2. The molecule has 0 aromatic heterocycles. The largest absolute Gasteiger partial charge is 0.478 e. The minimum atomic E-state index is -4.25. The molecule has 8 heteroatoms. The fourth-order valence-electron chi connectivity index (χ4n) is 1.63. The molecule has 23 heavy (non-hydrogen) atoms. The van der Waals surface area contributed by atoms with Crippen LogP contribution in [0.15, 0.2) is 64.6 Å². The van der Waals surface area contributed by atoms with Crippen molar-refractivity contribution in [2.75, 3.05) is 0 Å². The number of oxime groups is 1. The number of carbonyl (C=O) groups is 1. The van der Waals surface area contributed by atoms with Crippen LogP contribution in [0.5, 0.6) is 0 Å². The number of hydrogen-bond donors (Lipinski definition) is 1. The van der Waals surface area contributed by atoms with Crippen LogP contribution < -0.4 is 0 Å². The maximum atomic E-state index is 12.0. The molecule has 1 N–H and O–H groups in total. The van der Waals surface area contributed by atoms with E-state index in [4.69, 9.17) is 10.4 Å². The molecule has 0 aliphatic carbocycles. The van der Waals surface area contributed by atoms with Crippen LogP contribution in [0.3, 0.4) is 0 Å². The van der Waals surface area contributed by atoms with Gasteiger partial charge in [-0.15, -0.1) is 0 Å². The van der Waals surface area contributed by atoms with Gasteiger partial charge in [0.05, 0.1) is 5.56 Å². The van der Waals surface area contributed by atoms with Gasteiger partial charge in [0.15, 0.2) is 5.71 Å². The lowest BCUT2D eigenvalue weighted by atomic mass is 10.1. The van der Waals surface area contributed by atoms with Crippen molar-refractivity contribution in [1.29, 1.82) is 5.26 Å². The second-order valence-corrected chi connectivity index (χ2v) is 5.80. The first-order valence-corrected chi connectivity index (χ1v) is 7.65. The van der Waals surface area contributed by atoms with E-state index in [0.717, 1.165) is 24.3 Å². The zero-order chi connectivity index (χ0) is 16.9. The van der Waals surface area contributed by atoms with Crippen LogP contribution in [0, 0.1) is 11.3 Å². The van der Waals surface area contributed by atoms with Crippen molar-refractivity contribution >= 4 is 21.8 Å². The molecule has 0 bridgehead atoms. The molecule has 0 spiro atoms. The maximum Gasteiger partial charge on any atom is 0.358 e. The highest BCUT2D eigenvalue weighted by Crippen LogP contribution is 2.14. The summed E-state index contributed by atoms with van der Waals surface area (Å²) in [6, 6.07) is 14.4. The normalized spacial score (nSPS) is 11.5. The molecule has 0 atom stereocenters. The van der Waals surface area contributed by atoms with Crippen molar-refractivity contribution < 1.29 is 22.6 Å². The highest BCUT2D eigenvalue weighted by atomic mass is 32.2. The van der Waals surface area contributed by atoms with Gasteiger partial charge in [-0.25, -0.2) is 4.79 Å². The van der Waals surface area contributed by atoms with Gasteiger partial charge in [0.2, 0.25) is 0 Å². The van der Waals surface area contributed by atoms with Gasteiger partial charge in [0, 0.05) is 5.56 Å². The zero-order valence-corrected chi connectivity index (χ0v) is 12.4. The Balaban J connectivity index is 2.25. The van der Waals surface area contributed by atoms with Gasteiger partial charge < -0.3 is 5.11 Å². The van der Waals surface area contributed by atoms with Gasteiger partial charge in [0.25, 0.3) is 0 Å². The van der Waals surface area contributed by atoms with Crippen molar-refractivity contribution in [3.63, 3.8) is 0 Å². The maximum absolute atomic E-state index is 12.0. The molecule has 0 radical (unpaired) electrons. The lowest BCUT2D eigenvalue weighted by molar-refractivity contribution is 0.0696. The number of carboxylic acids is 1. The standard InChI is InChI=1S/C15H10N2O5S/c16-10-14(11-4-2-1-3-5-11)17-22-23(20,21)13-8-6-12(7-9-13)15(18)19/h1-9H,(H,18,19). The summed E-state index contributed by atoms with van der Waals surface area (Å²) in [5, 5.41) is 21.2. The van der Waals surface area contributed by atoms with Crippen LogP contribution >= 0.6 is 0 Å². The van der Waals surface area contributed by atoms with Crippen LogP contribution in [0.1, 0.15) is 15.9 Å². The van der Waals surface area contributed by atoms with Crippen LogP contribution in [0.2, 0.25) is 0 Å². The molecular formula is C15H10N2O5S. The topological polar surface area (TPSA) is 117 Å². The fraction of sp³-hybridized carbons (Fsp3) is 0. The quantitative estimate of drug-likeness (QED) is 0.662. The van der Waals surface area contributed by atoms with E-state index in [1.165, 1.54) is 0 Å². The monoisotopic (exact) mass is 330 g/mol. The van der Waals surface area contributed by atoms with Crippen molar-refractivity contribution in [2.24, 2.45) is 5.16 Å². The molecule has 2 aromatic carbocycles. The SMILES string of the molecule is N#CC(=NOS(=O)(=O)c1ccc(C(=O)O)cc1)c1ccccc1. The molecule has 0 aliphatic heterocycles. The summed E-state index contributed by atoms with van der Waals surface area (Å²) in [7, 11) is -4.25. The minimum absolute atomic E-state index is 0.0607. The Morgan fingerprint density at radius 1 is 1.04 bits per heavy atom. The van der Waals surface area contributed by atoms with Gasteiger partial charge in [-0.2, -0.15) is 13.7 Å². The Morgan fingerprint density at radius 3 is 2.17 bits per heavy atom. The number of nitrogens with zero attached hydrogens (tertiary/aromatic N) is 2. The first-order chi connectivity index (χ1) is 10.9. The van der Waals surface area contributed by atoms with Gasteiger partial charge in [-0.1, -0.05) is 35.5 Å². The van der Waals surface area contributed by atoms with Crippen LogP contribution in [0.4, 0.5) is 0 Å². The van der Waals surface area contributed by atoms with E-state index >= 15 is 0 Å². The third-order valence-corrected chi connectivity index (χ3v) is 3.89. The molecule has 0 aliphatic rings. The van der Waals surface area contributed by atoms with Crippen molar-refractivity contribution in [3.05, 3.63) is 65.7 Å². The van der Waals surface area contributed by atoms with Gasteiger partial charge in [-0.3, -0.25) is 4.28 Å². The highest BCUT2D eigenvalue weighted by Gasteiger charge is 2.17. The lowest BCUT2D eigenvalue weighted by Crippen LogP contribution is -2.06. The second kappa shape index (κ2) is 6.72. The average molecular weight is 330 g/mol. The third-order valence-electron chi connectivity index (χ3n) is 2.77. The van der Waals surface area contributed by atoms with Crippen molar-refractivity contribution in [1.82, 2.24) is 0 Å². The molecule has 2 rings (SSSR count). The third kappa shape index (κ3) is 3.93. The summed E-state index contributed by atoms with van der Waals surface area (Å²) in [5.41, 5.74) is 0.150. The Morgan fingerprint density at radius 2 is 1.65 bits per heavy atom.